The normalized spacial score (nSPS) is 16.1. The van der Waals surface area contributed by atoms with Crippen LogP contribution in [0.2, 0.25) is 0 Å². The highest BCUT2D eigenvalue weighted by Gasteiger charge is 2.49. The first kappa shape index (κ1) is 13.4. The monoisotopic (exact) mass is 205 g/mol. The van der Waals surface area contributed by atoms with E-state index in [2.05, 4.69) is 0 Å². The van der Waals surface area contributed by atoms with Crippen molar-refractivity contribution in [3.63, 3.8) is 0 Å². The van der Waals surface area contributed by atoms with Gasteiger partial charge in [-0.25, -0.2) is 4.79 Å². The average molecular weight is 205 g/mol. The molecule has 0 unspecified atom stereocenters. The minimum absolute atomic E-state index is 0.261. The van der Waals surface area contributed by atoms with Crippen molar-refractivity contribution in [2.24, 2.45) is 5.73 Å². The van der Waals surface area contributed by atoms with Gasteiger partial charge in [0.2, 0.25) is 5.72 Å². The Labute approximate surface area is 84.2 Å². The highest BCUT2D eigenvalue weighted by Crippen LogP contribution is 2.21. The van der Waals surface area contributed by atoms with Gasteiger partial charge in [0.25, 0.3) is 0 Å². The molecule has 0 amide bonds. The molecule has 0 aromatic carbocycles. The molecular formula is C9H19NO4. The van der Waals surface area contributed by atoms with Crippen molar-refractivity contribution in [2.45, 2.75) is 38.5 Å². The van der Waals surface area contributed by atoms with Gasteiger partial charge in [0, 0.05) is 7.11 Å². The molecule has 1 atom stereocenters. The van der Waals surface area contributed by atoms with E-state index in [1.807, 2.05) is 6.92 Å². The molecule has 0 spiro atoms. The molecular weight excluding hydrogens is 186 g/mol. The number of hydrogen-bond acceptors (Lipinski definition) is 5. The fourth-order valence-corrected chi connectivity index (χ4v) is 0.885. The molecule has 14 heavy (non-hydrogen) atoms. The molecule has 0 aliphatic heterocycles. The first-order valence-corrected chi connectivity index (χ1v) is 4.53. The van der Waals surface area contributed by atoms with Gasteiger partial charge in [0.1, 0.15) is 5.60 Å². The standard InChI is InChI=1S/C9H19NO4/c1-5-6-14-7(11)9(10,13-4)8(2,3)12/h12H,5-6,10H2,1-4H3/t9-/m0/s1. The van der Waals surface area contributed by atoms with Gasteiger partial charge in [-0.3, -0.25) is 5.73 Å². The second kappa shape index (κ2) is 4.72. The number of aliphatic hydroxyl groups is 1. The number of nitrogens with two attached hydrogens (primary N) is 1. The van der Waals surface area contributed by atoms with Crippen molar-refractivity contribution in [2.75, 3.05) is 13.7 Å². The van der Waals surface area contributed by atoms with Crippen LogP contribution in [0.3, 0.4) is 0 Å². The maximum atomic E-state index is 11.5. The Kier molecular flexibility index (Phi) is 4.51. The summed E-state index contributed by atoms with van der Waals surface area (Å²) >= 11 is 0. The molecule has 84 valence electrons. The van der Waals surface area contributed by atoms with Crippen molar-refractivity contribution in [3.05, 3.63) is 0 Å². The summed E-state index contributed by atoms with van der Waals surface area (Å²) < 4.78 is 9.64. The van der Waals surface area contributed by atoms with Gasteiger partial charge >= 0.3 is 5.97 Å². The maximum Gasteiger partial charge on any atom is 0.356 e. The molecule has 5 heteroatoms. The van der Waals surface area contributed by atoms with Gasteiger partial charge in [-0.2, -0.15) is 0 Å². The zero-order valence-electron chi connectivity index (χ0n) is 9.16. The fourth-order valence-electron chi connectivity index (χ4n) is 0.885. The van der Waals surface area contributed by atoms with Crippen LogP contribution in [0.1, 0.15) is 27.2 Å². The number of hydrogen-bond donors (Lipinski definition) is 2. The van der Waals surface area contributed by atoms with Crippen molar-refractivity contribution < 1.29 is 19.4 Å². The molecule has 0 heterocycles. The van der Waals surface area contributed by atoms with Crippen molar-refractivity contribution in [3.8, 4) is 0 Å². The van der Waals surface area contributed by atoms with E-state index in [-0.39, 0.29) is 6.61 Å². The minimum Gasteiger partial charge on any atom is -0.462 e. The van der Waals surface area contributed by atoms with Crippen LogP contribution in [0.5, 0.6) is 0 Å². The summed E-state index contributed by atoms with van der Waals surface area (Å²) in [5.74, 6) is -0.755. The van der Waals surface area contributed by atoms with Crippen molar-refractivity contribution >= 4 is 5.97 Å². The Morgan fingerprint density at radius 2 is 2.00 bits per heavy atom. The minimum atomic E-state index is -1.82. The predicted molar refractivity (Wildman–Crippen MR) is 51.5 cm³/mol. The highest BCUT2D eigenvalue weighted by molar-refractivity contribution is 5.80. The van der Waals surface area contributed by atoms with Crippen LogP contribution in [0.25, 0.3) is 0 Å². The van der Waals surface area contributed by atoms with E-state index < -0.39 is 17.3 Å². The quantitative estimate of drug-likeness (QED) is 0.488. The van der Waals surface area contributed by atoms with Gasteiger partial charge in [-0.05, 0) is 20.3 Å². The lowest BCUT2D eigenvalue weighted by Crippen LogP contribution is -2.64. The van der Waals surface area contributed by atoms with E-state index >= 15 is 0 Å². The number of carbonyl (C=O) groups excluding carboxylic acids is 1. The zero-order valence-corrected chi connectivity index (χ0v) is 9.16. The van der Waals surface area contributed by atoms with Gasteiger partial charge in [0.15, 0.2) is 0 Å². The molecule has 0 saturated heterocycles. The summed E-state index contributed by atoms with van der Waals surface area (Å²) in [5.41, 5.74) is 2.30. The summed E-state index contributed by atoms with van der Waals surface area (Å²) in [6.45, 7) is 4.91. The van der Waals surface area contributed by atoms with Crippen LogP contribution < -0.4 is 5.73 Å². The van der Waals surface area contributed by atoms with E-state index in [0.717, 1.165) is 0 Å². The molecule has 5 nitrogen and oxygen atoms in total. The second-order valence-corrected chi connectivity index (χ2v) is 3.63. The number of methoxy groups -OCH3 is 1. The van der Waals surface area contributed by atoms with Crippen LogP contribution >= 0.6 is 0 Å². The van der Waals surface area contributed by atoms with Crippen LogP contribution in [0, 0.1) is 0 Å². The average Bonchev–Trinajstić information content (AvgIpc) is 2.10. The molecule has 3 N–H and O–H groups in total. The summed E-state index contributed by atoms with van der Waals surface area (Å²) in [5, 5.41) is 9.66. The lowest BCUT2D eigenvalue weighted by molar-refractivity contribution is -0.198. The van der Waals surface area contributed by atoms with Gasteiger partial charge in [0.05, 0.1) is 6.61 Å². The third-order valence-electron chi connectivity index (χ3n) is 1.97. The molecule has 0 aromatic rings. The van der Waals surface area contributed by atoms with Gasteiger partial charge in [-0.15, -0.1) is 0 Å². The van der Waals surface area contributed by atoms with Crippen LogP contribution in [-0.2, 0) is 14.3 Å². The van der Waals surface area contributed by atoms with E-state index in [4.69, 9.17) is 15.2 Å². The smallest absolute Gasteiger partial charge is 0.356 e. The Morgan fingerprint density at radius 1 is 1.50 bits per heavy atom. The van der Waals surface area contributed by atoms with Crippen molar-refractivity contribution in [1.29, 1.82) is 0 Å². The summed E-state index contributed by atoms with van der Waals surface area (Å²) in [7, 11) is 1.26. The maximum absolute atomic E-state index is 11.5. The van der Waals surface area contributed by atoms with E-state index in [1.54, 1.807) is 0 Å². The number of carbonyl (C=O) groups is 1. The van der Waals surface area contributed by atoms with Crippen LogP contribution in [0.4, 0.5) is 0 Å². The van der Waals surface area contributed by atoms with Gasteiger partial charge < -0.3 is 14.6 Å². The number of esters is 1. The molecule has 0 radical (unpaired) electrons. The number of ether oxygens (including phenoxy) is 2. The van der Waals surface area contributed by atoms with E-state index in [1.165, 1.54) is 21.0 Å². The van der Waals surface area contributed by atoms with E-state index in [0.29, 0.717) is 6.42 Å². The van der Waals surface area contributed by atoms with Crippen LogP contribution in [0.15, 0.2) is 0 Å². The first-order valence-electron chi connectivity index (χ1n) is 4.53. The zero-order chi connectivity index (χ0) is 11.4. The lowest BCUT2D eigenvalue weighted by Gasteiger charge is -2.35. The molecule has 0 rings (SSSR count). The fraction of sp³-hybridized carbons (Fsp3) is 0.889. The first-order chi connectivity index (χ1) is 6.29. The predicted octanol–water partition coefficient (Wildman–Crippen LogP) is 0.0119. The Balaban J connectivity index is 4.61. The summed E-state index contributed by atoms with van der Waals surface area (Å²) in [4.78, 5) is 11.5. The van der Waals surface area contributed by atoms with Crippen molar-refractivity contribution in [1.82, 2.24) is 0 Å². The molecule has 0 bridgehead atoms. The third-order valence-corrected chi connectivity index (χ3v) is 1.97. The second-order valence-electron chi connectivity index (χ2n) is 3.63. The summed E-state index contributed by atoms with van der Waals surface area (Å²) in [6.07, 6.45) is 0.692. The Hall–Kier alpha value is -0.650. The highest BCUT2D eigenvalue weighted by atomic mass is 16.6. The van der Waals surface area contributed by atoms with E-state index in [9.17, 15) is 9.90 Å². The number of rotatable bonds is 5. The third kappa shape index (κ3) is 2.67. The Bertz CT molecular complexity index is 199. The van der Waals surface area contributed by atoms with Crippen LogP contribution in [-0.4, -0.2) is 36.1 Å². The largest absolute Gasteiger partial charge is 0.462 e. The molecule has 0 aromatic heterocycles. The molecule has 0 aliphatic carbocycles. The molecule has 0 saturated carbocycles. The SMILES string of the molecule is CCCOC(=O)[C@](N)(OC)C(C)(C)O. The Morgan fingerprint density at radius 3 is 2.29 bits per heavy atom. The van der Waals surface area contributed by atoms with Gasteiger partial charge in [-0.1, -0.05) is 6.92 Å². The molecule has 0 fully saturated rings. The lowest BCUT2D eigenvalue weighted by atomic mass is 9.95. The summed E-state index contributed by atoms with van der Waals surface area (Å²) in [6, 6.07) is 0. The molecule has 0 aliphatic rings. The topological polar surface area (TPSA) is 81.8 Å².